The highest BCUT2D eigenvalue weighted by molar-refractivity contribution is 5.96. The molecule has 0 aliphatic carbocycles. The fourth-order valence-electron chi connectivity index (χ4n) is 3.89. The fourth-order valence-corrected chi connectivity index (χ4v) is 3.89. The summed E-state index contributed by atoms with van der Waals surface area (Å²) >= 11 is 0. The van der Waals surface area contributed by atoms with Gasteiger partial charge in [0.05, 0.1) is 0 Å². The zero-order valence-electron chi connectivity index (χ0n) is 19.8. The van der Waals surface area contributed by atoms with Crippen LogP contribution in [0.25, 0.3) is 0 Å². The number of amides is 1. The molecule has 0 radical (unpaired) electrons. The van der Waals surface area contributed by atoms with Crippen molar-refractivity contribution < 1.29 is 9.53 Å². The van der Waals surface area contributed by atoms with Crippen LogP contribution < -0.4 is 26.4 Å². The van der Waals surface area contributed by atoms with Crippen LogP contribution in [0.15, 0.2) is 48.5 Å². The van der Waals surface area contributed by atoms with Crippen LogP contribution in [-0.2, 0) is 6.42 Å². The van der Waals surface area contributed by atoms with Crippen molar-refractivity contribution in [3.8, 4) is 11.6 Å². The molecule has 0 spiro atoms. The fraction of sp³-hybridized carbons (Fsp3) is 0.320. The molecule has 9 heteroatoms. The molecule has 1 fully saturated rings. The number of ether oxygens (including phenoxy) is 1. The molecular formula is C25H31N7O2. The number of aromatic nitrogens is 2. The quantitative estimate of drug-likeness (QED) is 0.458. The Labute approximate surface area is 199 Å². The van der Waals surface area contributed by atoms with E-state index >= 15 is 0 Å². The van der Waals surface area contributed by atoms with Gasteiger partial charge in [-0.15, -0.1) is 0 Å². The normalized spacial score (nSPS) is 16.3. The van der Waals surface area contributed by atoms with E-state index in [1.807, 2.05) is 19.1 Å². The van der Waals surface area contributed by atoms with Gasteiger partial charge in [-0.25, -0.2) is 4.98 Å². The second kappa shape index (κ2) is 9.96. The molecule has 34 heavy (non-hydrogen) atoms. The monoisotopic (exact) mass is 461 g/mol. The summed E-state index contributed by atoms with van der Waals surface area (Å²) in [5.41, 5.74) is 14.6. The molecule has 5 N–H and O–H groups in total. The van der Waals surface area contributed by atoms with Gasteiger partial charge in [-0.1, -0.05) is 13.0 Å². The largest absolute Gasteiger partial charge is 0.437 e. The molecular weight excluding hydrogens is 430 g/mol. The Morgan fingerprint density at radius 3 is 2.59 bits per heavy atom. The van der Waals surface area contributed by atoms with Gasteiger partial charge in [0.2, 0.25) is 5.88 Å². The summed E-state index contributed by atoms with van der Waals surface area (Å²) in [7, 11) is 2.15. The van der Waals surface area contributed by atoms with E-state index in [9.17, 15) is 4.79 Å². The first-order valence-electron chi connectivity index (χ1n) is 11.4. The van der Waals surface area contributed by atoms with Gasteiger partial charge < -0.3 is 31.3 Å². The molecule has 2 aromatic carbocycles. The molecule has 0 saturated carbocycles. The van der Waals surface area contributed by atoms with Gasteiger partial charge in [-0.2, -0.15) is 4.98 Å². The van der Waals surface area contributed by atoms with Crippen molar-refractivity contribution in [2.24, 2.45) is 5.73 Å². The van der Waals surface area contributed by atoms with E-state index in [1.165, 1.54) is 0 Å². The first kappa shape index (κ1) is 23.3. The van der Waals surface area contributed by atoms with Gasteiger partial charge in [-0.05, 0) is 56.8 Å². The van der Waals surface area contributed by atoms with E-state index in [4.69, 9.17) is 16.2 Å². The van der Waals surface area contributed by atoms with E-state index < -0.39 is 5.91 Å². The smallest absolute Gasteiger partial charge is 0.271 e. The number of piperazine rings is 1. The third kappa shape index (κ3) is 5.20. The highest BCUT2D eigenvalue weighted by atomic mass is 16.5. The average molecular weight is 462 g/mol. The SMILES string of the molecule is CCc1nc(C(N)=O)c(Nc2ccc(N3CCN(C)[C@@H](C)C3)cc2)nc1Oc1cccc(N)c1. The van der Waals surface area contributed by atoms with Crippen LogP contribution in [0.2, 0.25) is 0 Å². The van der Waals surface area contributed by atoms with Crippen LogP contribution in [0.3, 0.4) is 0 Å². The van der Waals surface area contributed by atoms with Crippen LogP contribution >= 0.6 is 0 Å². The van der Waals surface area contributed by atoms with Crippen LogP contribution in [0.4, 0.5) is 22.9 Å². The Hall–Kier alpha value is -3.85. The Morgan fingerprint density at radius 2 is 1.94 bits per heavy atom. The van der Waals surface area contributed by atoms with E-state index in [0.717, 1.165) is 31.0 Å². The molecule has 1 aliphatic heterocycles. The van der Waals surface area contributed by atoms with Crippen LogP contribution in [0.5, 0.6) is 11.6 Å². The summed E-state index contributed by atoms with van der Waals surface area (Å²) < 4.78 is 5.96. The van der Waals surface area contributed by atoms with Crippen LogP contribution in [-0.4, -0.2) is 53.5 Å². The molecule has 1 aromatic heterocycles. The summed E-state index contributed by atoms with van der Waals surface area (Å²) in [5.74, 6) is 0.406. The number of primary amides is 1. The van der Waals surface area contributed by atoms with Crippen molar-refractivity contribution in [1.29, 1.82) is 0 Å². The Kier molecular flexibility index (Phi) is 6.83. The van der Waals surface area contributed by atoms with Crippen molar-refractivity contribution in [1.82, 2.24) is 14.9 Å². The van der Waals surface area contributed by atoms with Gasteiger partial charge in [0.25, 0.3) is 5.91 Å². The van der Waals surface area contributed by atoms with Gasteiger partial charge >= 0.3 is 0 Å². The molecule has 1 amide bonds. The van der Waals surface area contributed by atoms with E-state index in [1.54, 1.807) is 24.3 Å². The Morgan fingerprint density at radius 1 is 1.18 bits per heavy atom. The van der Waals surface area contributed by atoms with Crippen molar-refractivity contribution in [3.05, 3.63) is 59.9 Å². The second-order valence-corrected chi connectivity index (χ2v) is 8.51. The van der Waals surface area contributed by atoms with Crippen LogP contribution in [0.1, 0.15) is 30.0 Å². The molecule has 2 heterocycles. The lowest BCUT2D eigenvalue weighted by atomic mass is 10.1. The molecule has 1 aliphatic rings. The Bertz CT molecular complexity index is 1170. The van der Waals surface area contributed by atoms with E-state index in [2.05, 4.69) is 51.2 Å². The maximum Gasteiger partial charge on any atom is 0.271 e. The van der Waals surface area contributed by atoms with E-state index in [0.29, 0.717) is 35.5 Å². The minimum atomic E-state index is -0.664. The number of aryl methyl sites for hydroxylation is 1. The zero-order chi connectivity index (χ0) is 24.2. The molecule has 0 unspecified atom stereocenters. The highest BCUT2D eigenvalue weighted by Crippen LogP contribution is 2.29. The topological polar surface area (TPSA) is 123 Å². The number of rotatable bonds is 7. The summed E-state index contributed by atoms with van der Waals surface area (Å²) in [6, 6.07) is 15.6. The lowest BCUT2D eigenvalue weighted by Crippen LogP contribution is -2.50. The molecule has 3 aromatic rings. The van der Waals surface area contributed by atoms with Crippen LogP contribution in [0, 0.1) is 0 Å². The lowest BCUT2D eigenvalue weighted by Gasteiger charge is -2.39. The van der Waals surface area contributed by atoms with Gasteiger partial charge in [0.1, 0.15) is 11.4 Å². The molecule has 1 atom stereocenters. The number of nitrogen functional groups attached to an aromatic ring is 1. The maximum atomic E-state index is 12.1. The number of benzene rings is 2. The third-order valence-corrected chi connectivity index (χ3v) is 6.03. The van der Waals surface area contributed by atoms with Gasteiger partial charge in [0, 0.05) is 48.8 Å². The summed E-state index contributed by atoms with van der Waals surface area (Å²) in [6.45, 7) is 7.12. The lowest BCUT2D eigenvalue weighted by molar-refractivity contribution is 0.0996. The summed E-state index contributed by atoms with van der Waals surface area (Å²) in [6.07, 6.45) is 0.517. The second-order valence-electron chi connectivity index (χ2n) is 8.51. The number of hydrogen-bond acceptors (Lipinski definition) is 8. The van der Waals surface area contributed by atoms with Crippen molar-refractivity contribution in [2.75, 3.05) is 42.6 Å². The van der Waals surface area contributed by atoms with Gasteiger partial charge in [-0.3, -0.25) is 4.79 Å². The maximum absolute atomic E-state index is 12.1. The first-order valence-corrected chi connectivity index (χ1v) is 11.4. The minimum Gasteiger partial charge on any atom is -0.437 e. The van der Waals surface area contributed by atoms with Crippen molar-refractivity contribution >= 4 is 28.8 Å². The molecule has 4 rings (SSSR count). The highest BCUT2D eigenvalue weighted by Gasteiger charge is 2.21. The predicted molar refractivity (Wildman–Crippen MR) is 135 cm³/mol. The minimum absolute atomic E-state index is 0.0637. The molecule has 9 nitrogen and oxygen atoms in total. The number of carbonyl (C=O) groups excluding carboxylic acids is 1. The third-order valence-electron chi connectivity index (χ3n) is 6.03. The number of likely N-dealkylation sites (N-methyl/N-ethyl adjacent to an activating group) is 1. The van der Waals surface area contributed by atoms with Crippen molar-refractivity contribution in [3.63, 3.8) is 0 Å². The number of carbonyl (C=O) groups is 1. The Balaban J connectivity index is 1.59. The summed E-state index contributed by atoms with van der Waals surface area (Å²) in [5, 5.41) is 3.18. The number of nitrogens with one attached hydrogen (secondary N) is 1. The number of nitrogens with two attached hydrogens (primary N) is 2. The standard InChI is InChI=1S/C25H31N7O2/c1-4-21-25(34-20-7-5-6-17(26)14-20)30-24(22(29-21)23(27)33)28-18-8-10-19(11-9-18)32-13-12-31(3)16(2)15-32/h5-11,14,16H,4,12-13,15,26H2,1-3H3,(H2,27,33)(H,28,30)/t16-/m0/s1. The van der Waals surface area contributed by atoms with Gasteiger partial charge in [0.15, 0.2) is 11.5 Å². The predicted octanol–water partition coefficient (Wildman–Crippen LogP) is 3.40. The zero-order valence-corrected chi connectivity index (χ0v) is 19.8. The number of hydrogen-bond donors (Lipinski definition) is 3. The van der Waals surface area contributed by atoms with Crippen molar-refractivity contribution in [2.45, 2.75) is 26.3 Å². The first-order chi connectivity index (χ1) is 16.3. The summed E-state index contributed by atoms with van der Waals surface area (Å²) in [4.78, 5) is 25.9. The number of anilines is 4. The number of nitrogens with zero attached hydrogens (tertiary/aromatic N) is 4. The molecule has 0 bridgehead atoms. The molecule has 178 valence electrons. The molecule has 1 saturated heterocycles. The average Bonchev–Trinajstić information content (AvgIpc) is 2.81. The van der Waals surface area contributed by atoms with E-state index in [-0.39, 0.29) is 11.5 Å².